The number of anilines is 1. The van der Waals surface area contributed by atoms with E-state index in [4.69, 9.17) is 10.5 Å². The summed E-state index contributed by atoms with van der Waals surface area (Å²) in [5, 5.41) is 12.4. The van der Waals surface area contributed by atoms with Crippen LogP contribution in [0.1, 0.15) is 38.7 Å². The second-order valence-electron chi connectivity index (χ2n) is 6.24. The molecule has 0 aliphatic heterocycles. The fourth-order valence-electron chi connectivity index (χ4n) is 2.21. The lowest BCUT2D eigenvalue weighted by Gasteiger charge is -2.20. The first-order valence-electron chi connectivity index (χ1n) is 6.83. The summed E-state index contributed by atoms with van der Waals surface area (Å²) in [7, 11) is 0. The molecule has 0 bridgehead atoms. The topological polar surface area (TPSA) is 84.6 Å². The summed E-state index contributed by atoms with van der Waals surface area (Å²) in [6.07, 6.45) is 0.490. The maximum Gasteiger partial charge on any atom is 0.412 e. The Labute approximate surface area is 119 Å². The van der Waals surface area contributed by atoms with Crippen molar-refractivity contribution >= 4 is 11.8 Å². The first kappa shape index (κ1) is 14.7. The van der Waals surface area contributed by atoms with Gasteiger partial charge >= 0.3 is 6.09 Å². The number of amides is 1. The number of phenols is 1. The average molecular weight is 278 g/mol. The van der Waals surface area contributed by atoms with Crippen LogP contribution in [0.5, 0.6) is 5.75 Å². The fourth-order valence-corrected chi connectivity index (χ4v) is 2.21. The molecule has 1 amide bonds. The Hall–Kier alpha value is -1.75. The molecule has 5 nitrogen and oxygen atoms in total. The van der Waals surface area contributed by atoms with Crippen LogP contribution in [-0.4, -0.2) is 23.3 Å². The van der Waals surface area contributed by atoms with Crippen molar-refractivity contribution in [1.82, 2.24) is 0 Å². The molecule has 2 unspecified atom stereocenters. The van der Waals surface area contributed by atoms with Crippen molar-refractivity contribution in [2.24, 2.45) is 11.7 Å². The van der Waals surface area contributed by atoms with Gasteiger partial charge in [0.2, 0.25) is 0 Å². The summed E-state index contributed by atoms with van der Waals surface area (Å²) in [5.41, 5.74) is 6.53. The first-order chi connectivity index (χ1) is 9.30. The van der Waals surface area contributed by atoms with Gasteiger partial charge in [-0.2, -0.15) is 0 Å². The molecule has 1 fully saturated rings. The number of carbonyl (C=O) groups is 1. The van der Waals surface area contributed by atoms with Crippen LogP contribution >= 0.6 is 0 Å². The summed E-state index contributed by atoms with van der Waals surface area (Å²) in [5.74, 6) is 0.971. The van der Waals surface area contributed by atoms with E-state index < -0.39 is 11.7 Å². The van der Waals surface area contributed by atoms with Crippen LogP contribution in [0.3, 0.4) is 0 Å². The molecular formula is C15H22N2O3. The summed E-state index contributed by atoms with van der Waals surface area (Å²) in [6.45, 7) is 6.04. The van der Waals surface area contributed by atoms with Crippen LogP contribution in [-0.2, 0) is 4.74 Å². The van der Waals surface area contributed by atoms with E-state index in [2.05, 4.69) is 5.32 Å². The molecule has 0 spiro atoms. The number of carbonyl (C=O) groups excluding carboxylic acids is 1. The zero-order valence-corrected chi connectivity index (χ0v) is 12.1. The van der Waals surface area contributed by atoms with Gasteiger partial charge in [0.25, 0.3) is 0 Å². The normalized spacial score (nSPS) is 21.4. The van der Waals surface area contributed by atoms with Crippen molar-refractivity contribution in [3.63, 3.8) is 0 Å². The van der Waals surface area contributed by atoms with Gasteiger partial charge in [0.15, 0.2) is 0 Å². The van der Waals surface area contributed by atoms with Gasteiger partial charge in [-0.05, 0) is 63.3 Å². The molecule has 0 aromatic heterocycles. The van der Waals surface area contributed by atoms with Crippen molar-refractivity contribution in [2.45, 2.75) is 38.7 Å². The summed E-state index contributed by atoms with van der Waals surface area (Å²) >= 11 is 0. The molecule has 5 heteroatoms. The number of hydrogen-bond acceptors (Lipinski definition) is 4. The molecule has 2 rings (SSSR count). The minimum absolute atomic E-state index is 0.0320. The Morgan fingerprint density at radius 3 is 2.75 bits per heavy atom. The van der Waals surface area contributed by atoms with Crippen molar-refractivity contribution < 1.29 is 14.6 Å². The Morgan fingerprint density at radius 2 is 2.20 bits per heavy atom. The zero-order valence-electron chi connectivity index (χ0n) is 12.1. The number of nitrogens with one attached hydrogen (secondary N) is 1. The van der Waals surface area contributed by atoms with Gasteiger partial charge in [0.05, 0.1) is 5.69 Å². The summed E-state index contributed by atoms with van der Waals surface area (Å²) < 4.78 is 5.17. The van der Waals surface area contributed by atoms with E-state index in [0.717, 1.165) is 12.0 Å². The molecule has 1 aromatic rings. The largest absolute Gasteiger partial charge is 0.506 e. The highest BCUT2D eigenvalue weighted by atomic mass is 16.6. The molecule has 1 aliphatic carbocycles. The number of rotatable bonds is 3. The number of benzene rings is 1. The van der Waals surface area contributed by atoms with E-state index in [-0.39, 0.29) is 5.75 Å². The average Bonchev–Trinajstić information content (AvgIpc) is 3.09. The van der Waals surface area contributed by atoms with E-state index in [1.807, 2.05) is 6.07 Å². The molecule has 110 valence electrons. The maximum atomic E-state index is 11.7. The third-order valence-electron chi connectivity index (χ3n) is 3.31. The lowest BCUT2D eigenvalue weighted by atomic mass is 10.1. The molecule has 1 aliphatic rings. The zero-order chi connectivity index (χ0) is 14.9. The molecule has 0 heterocycles. The van der Waals surface area contributed by atoms with E-state index in [9.17, 15) is 9.90 Å². The Kier molecular flexibility index (Phi) is 3.90. The molecule has 4 N–H and O–H groups in total. The molecule has 0 radical (unpaired) electrons. The maximum absolute atomic E-state index is 11.7. The molecule has 0 saturated heterocycles. The smallest absolute Gasteiger partial charge is 0.412 e. The van der Waals surface area contributed by atoms with Crippen LogP contribution in [0.4, 0.5) is 10.5 Å². The number of ether oxygens (including phenoxy) is 1. The van der Waals surface area contributed by atoms with E-state index in [1.54, 1.807) is 32.9 Å². The van der Waals surface area contributed by atoms with Gasteiger partial charge in [-0.3, -0.25) is 5.32 Å². The number of hydrogen-bond donors (Lipinski definition) is 3. The van der Waals surface area contributed by atoms with Gasteiger partial charge in [0, 0.05) is 0 Å². The first-order valence-corrected chi connectivity index (χ1v) is 6.83. The second-order valence-corrected chi connectivity index (χ2v) is 6.24. The van der Waals surface area contributed by atoms with Gasteiger partial charge in [-0.1, -0.05) is 6.07 Å². The van der Waals surface area contributed by atoms with Crippen molar-refractivity contribution in [2.75, 3.05) is 11.9 Å². The van der Waals surface area contributed by atoms with Crippen LogP contribution < -0.4 is 11.1 Å². The Balaban J connectivity index is 2.07. The Bertz CT molecular complexity index is 508. The highest BCUT2D eigenvalue weighted by Gasteiger charge is 2.37. The van der Waals surface area contributed by atoms with Crippen molar-refractivity contribution in [3.8, 4) is 5.75 Å². The predicted octanol–water partition coefficient (Wildman–Crippen LogP) is 2.80. The molecule has 1 saturated carbocycles. The van der Waals surface area contributed by atoms with Crippen molar-refractivity contribution in [1.29, 1.82) is 0 Å². The summed E-state index contributed by atoms with van der Waals surface area (Å²) in [4.78, 5) is 11.7. The van der Waals surface area contributed by atoms with Crippen LogP contribution in [0.2, 0.25) is 0 Å². The third kappa shape index (κ3) is 3.63. The lowest BCUT2D eigenvalue weighted by Crippen LogP contribution is -2.27. The van der Waals surface area contributed by atoms with Crippen molar-refractivity contribution in [3.05, 3.63) is 23.8 Å². The fraction of sp³-hybridized carbons (Fsp3) is 0.533. The van der Waals surface area contributed by atoms with Gasteiger partial charge in [-0.15, -0.1) is 0 Å². The van der Waals surface area contributed by atoms with Gasteiger partial charge in [-0.25, -0.2) is 4.79 Å². The highest BCUT2D eigenvalue weighted by Crippen LogP contribution is 2.47. The predicted molar refractivity (Wildman–Crippen MR) is 77.9 cm³/mol. The van der Waals surface area contributed by atoms with Crippen LogP contribution in [0.25, 0.3) is 0 Å². The quantitative estimate of drug-likeness (QED) is 0.742. The standard InChI is InChI=1S/C15H22N2O3/c1-15(2,3)20-14(19)17-12-7-9(4-5-13(12)18)11-6-10(11)8-16/h4-5,7,10-11,18H,6,8,16H2,1-3H3,(H,17,19). The minimum Gasteiger partial charge on any atom is -0.506 e. The van der Waals surface area contributed by atoms with Crippen LogP contribution in [0.15, 0.2) is 18.2 Å². The number of nitrogens with two attached hydrogens (primary N) is 1. The molecular weight excluding hydrogens is 256 g/mol. The lowest BCUT2D eigenvalue weighted by molar-refractivity contribution is 0.0635. The molecule has 1 aromatic carbocycles. The van der Waals surface area contributed by atoms with E-state index in [1.165, 1.54) is 0 Å². The second kappa shape index (κ2) is 5.32. The Morgan fingerprint density at radius 1 is 1.50 bits per heavy atom. The van der Waals surface area contributed by atoms with Gasteiger partial charge in [0.1, 0.15) is 11.4 Å². The van der Waals surface area contributed by atoms with Gasteiger partial charge < -0.3 is 15.6 Å². The SMILES string of the molecule is CC(C)(C)OC(=O)Nc1cc(C2CC2CN)ccc1O. The third-order valence-corrected chi connectivity index (χ3v) is 3.31. The van der Waals surface area contributed by atoms with Crippen LogP contribution in [0, 0.1) is 5.92 Å². The highest BCUT2D eigenvalue weighted by molar-refractivity contribution is 5.87. The molecule has 2 atom stereocenters. The minimum atomic E-state index is -0.573. The van der Waals surface area contributed by atoms with E-state index in [0.29, 0.717) is 24.1 Å². The monoisotopic (exact) mass is 278 g/mol. The number of aromatic hydroxyl groups is 1. The molecule has 20 heavy (non-hydrogen) atoms. The number of phenolic OH excluding ortho intramolecular Hbond substituents is 1. The van der Waals surface area contributed by atoms with E-state index >= 15 is 0 Å². The summed E-state index contributed by atoms with van der Waals surface area (Å²) in [6, 6.07) is 5.25.